The summed E-state index contributed by atoms with van der Waals surface area (Å²) in [6.07, 6.45) is -1.10. The highest BCUT2D eigenvalue weighted by molar-refractivity contribution is 4.89. The second-order valence-electron chi connectivity index (χ2n) is 6.13. The second-order valence-corrected chi connectivity index (χ2v) is 6.13. The average molecular weight is 281 g/mol. The molecule has 1 fully saturated rings. The Bertz CT molecular complexity index is 268. The zero-order valence-corrected chi connectivity index (χ0v) is 12.1. The van der Waals surface area contributed by atoms with Crippen LogP contribution >= 0.6 is 0 Å². The van der Waals surface area contributed by atoms with Crippen molar-refractivity contribution in [2.24, 2.45) is 5.92 Å². The van der Waals surface area contributed by atoms with Crippen LogP contribution in [0.4, 0.5) is 13.2 Å². The first-order valence-corrected chi connectivity index (χ1v) is 7.16. The van der Waals surface area contributed by atoms with Gasteiger partial charge in [0.2, 0.25) is 0 Å². The number of nitrogens with one attached hydrogen (secondary N) is 1. The summed E-state index contributed by atoms with van der Waals surface area (Å²) >= 11 is 0. The number of ether oxygens (including phenoxy) is 1. The Kier molecular flexibility index (Phi) is 6.12. The van der Waals surface area contributed by atoms with Crippen molar-refractivity contribution in [3.05, 3.63) is 0 Å². The van der Waals surface area contributed by atoms with Gasteiger partial charge in [0.15, 0.2) is 0 Å². The molecule has 0 spiro atoms. The molecule has 0 aromatic rings. The number of hydrogen-bond donors (Lipinski definition) is 1. The Hall–Kier alpha value is -0.290. The maximum absolute atomic E-state index is 12.2. The van der Waals surface area contributed by atoms with E-state index >= 15 is 0 Å². The molecule has 2 unspecified atom stereocenters. The highest BCUT2D eigenvalue weighted by atomic mass is 19.4. The van der Waals surface area contributed by atoms with Crippen LogP contribution in [0.3, 0.4) is 0 Å². The molecule has 0 radical (unpaired) electrons. The van der Waals surface area contributed by atoms with Crippen LogP contribution in [0.1, 0.15) is 52.9 Å². The molecule has 1 saturated carbocycles. The SMILES string of the molecule is CC1CCCC(CNC(C)C)(OCCC(F)(F)F)C1. The summed E-state index contributed by atoms with van der Waals surface area (Å²) in [5.41, 5.74) is -0.410. The normalized spacial score (nSPS) is 28.9. The first-order chi connectivity index (χ1) is 8.72. The van der Waals surface area contributed by atoms with E-state index < -0.39 is 18.2 Å². The topological polar surface area (TPSA) is 21.3 Å². The first kappa shape index (κ1) is 16.8. The molecular weight excluding hydrogens is 255 g/mol. The van der Waals surface area contributed by atoms with Gasteiger partial charge in [0.25, 0.3) is 0 Å². The summed E-state index contributed by atoms with van der Waals surface area (Å²) in [7, 11) is 0. The van der Waals surface area contributed by atoms with Gasteiger partial charge in [-0.15, -0.1) is 0 Å². The van der Waals surface area contributed by atoms with Crippen molar-refractivity contribution in [1.82, 2.24) is 5.32 Å². The van der Waals surface area contributed by atoms with Crippen LogP contribution in [0.25, 0.3) is 0 Å². The Morgan fingerprint density at radius 1 is 1.37 bits per heavy atom. The van der Waals surface area contributed by atoms with E-state index in [4.69, 9.17) is 4.74 Å². The average Bonchev–Trinajstić information content (AvgIpc) is 2.25. The number of alkyl halides is 3. The molecule has 0 amide bonds. The van der Waals surface area contributed by atoms with E-state index in [0.717, 1.165) is 25.7 Å². The lowest BCUT2D eigenvalue weighted by atomic mass is 9.78. The molecule has 0 aromatic heterocycles. The minimum atomic E-state index is -4.13. The summed E-state index contributed by atoms with van der Waals surface area (Å²) in [5.74, 6) is 0.522. The van der Waals surface area contributed by atoms with E-state index in [1.807, 2.05) is 13.8 Å². The number of hydrogen-bond acceptors (Lipinski definition) is 2. The van der Waals surface area contributed by atoms with Crippen LogP contribution in [0.2, 0.25) is 0 Å². The summed E-state index contributed by atoms with van der Waals surface area (Å²) in [6, 6.07) is 0.320. The van der Waals surface area contributed by atoms with E-state index in [-0.39, 0.29) is 6.61 Å². The van der Waals surface area contributed by atoms with E-state index in [2.05, 4.69) is 12.2 Å². The number of halogens is 3. The fourth-order valence-electron chi connectivity index (χ4n) is 2.73. The Morgan fingerprint density at radius 2 is 2.05 bits per heavy atom. The smallest absolute Gasteiger partial charge is 0.373 e. The third-order valence-corrected chi connectivity index (χ3v) is 3.68. The van der Waals surface area contributed by atoms with Crippen LogP contribution in [0.5, 0.6) is 0 Å². The molecular formula is C14H26F3NO. The molecule has 1 aliphatic carbocycles. The third-order valence-electron chi connectivity index (χ3n) is 3.68. The summed E-state index contributed by atoms with van der Waals surface area (Å²) in [4.78, 5) is 0. The fraction of sp³-hybridized carbons (Fsp3) is 1.00. The van der Waals surface area contributed by atoms with Crippen molar-refractivity contribution in [2.45, 2.75) is 70.7 Å². The molecule has 0 aliphatic heterocycles. The maximum atomic E-state index is 12.2. The lowest BCUT2D eigenvalue weighted by Gasteiger charge is -2.40. The van der Waals surface area contributed by atoms with E-state index in [1.54, 1.807) is 0 Å². The van der Waals surface area contributed by atoms with Crippen molar-refractivity contribution in [1.29, 1.82) is 0 Å². The molecule has 1 aliphatic rings. The van der Waals surface area contributed by atoms with Crippen LogP contribution in [-0.2, 0) is 4.74 Å². The van der Waals surface area contributed by atoms with Gasteiger partial charge in [0, 0.05) is 12.6 Å². The predicted octanol–water partition coefficient (Wildman–Crippen LogP) is 3.90. The minimum Gasteiger partial charge on any atom is -0.373 e. The molecule has 114 valence electrons. The minimum absolute atomic E-state index is 0.226. The van der Waals surface area contributed by atoms with Crippen molar-refractivity contribution in [3.8, 4) is 0 Å². The molecule has 1 N–H and O–H groups in total. The summed E-state index contributed by atoms with van der Waals surface area (Å²) in [5, 5.41) is 3.32. The lowest BCUT2D eigenvalue weighted by molar-refractivity contribution is -0.163. The van der Waals surface area contributed by atoms with Crippen molar-refractivity contribution >= 4 is 0 Å². The molecule has 1 rings (SSSR count). The largest absolute Gasteiger partial charge is 0.391 e. The standard InChI is InChI=1S/C14H26F3NO/c1-11(2)18-10-13(6-4-5-12(3)9-13)19-8-7-14(15,16)17/h11-12,18H,4-10H2,1-3H3. The van der Waals surface area contributed by atoms with Crippen molar-refractivity contribution in [2.75, 3.05) is 13.2 Å². The Balaban J connectivity index is 2.53. The van der Waals surface area contributed by atoms with Gasteiger partial charge >= 0.3 is 6.18 Å². The molecule has 0 aromatic carbocycles. The van der Waals surface area contributed by atoms with Gasteiger partial charge in [-0.05, 0) is 18.8 Å². The van der Waals surface area contributed by atoms with Crippen LogP contribution in [0.15, 0.2) is 0 Å². The van der Waals surface area contributed by atoms with E-state index in [1.165, 1.54) is 0 Å². The quantitative estimate of drug-likeness (QED) is 0.797. The third kappa shape index (κ3) is 6.61. The zero-order valence-electron chi connectivity index (χ0n) is 12.1. The van der Waals surface area contributed by atoms with E-state index in [0.29, 0.717) is 18.5 Å². The van der Waals surface area contributed by atoms with Crippen molar-refractivity contribution < 1.29 is 17.9 Å². The highest BCUT2D eigenvalue weighted by Gasteiger charge is 2.37. The van der Waals surface area contributed by atoms with Crippen LogP contribution < -0.4 is 5.32 Å². The van der Waals surface area contributed by atoms with Gasteiger partial charge in [0.05, 0.1) is 18.6 Å². The van der Waals surface area contributed by atoms with Crippen molar-refractivity contribution in [3.63, 3.8) is 0 Å². The molecule has 0 bridgehead atoms. The monoisotopic (exact) mass is 281 g/mol. The molecule has 0 heterocycles. The van der Waals surface area contributed by atoms with E-state index in [9.17, 15) is 13.2 Å². The predicted molar refractivity (Wildman–Crippen MR) is 70.1 cm³/mol. The highest BCUT2D eigenvalue weighted by Crippen LogP contribution is 2.35. The lowest BCUT2D eigenvalue weighted by Crippen LogP contribution is -2.48. The molecule has 2 atom stereocenters. The van der Waals surface area contributed by atoms with Crippen LogP contribution in [-0.4, -0.2) is 31.0 Å². The van der Waals surface area contributed by atoms with Gasteiger partial charge in [-0.2, -0.15) is 13.2 Å². The maximum Gasteiger partial charge on any atom is 0.391 e. The number of rotatable bonds is 6. The van der Waals surface area contributed by atoms with Gasteiger partial charge < -0.3 is 10.1 Å². The van der Waals surface area contributed by atoms with Crippen LogP contribution in [0, 0.1) is 5.92 Å². The molecule has 19 heavy (non-hydrogen) atoms. The second kappa shape index (κ2) is 6.93. The fourth-order valence-corrected chi connectivity index (χ4v) is 2.73. The Labute approximate surface area is 114 Å². The summed E-state index contributed by atoms with van der Waals surface area (Å²) in [6.45, 7) is 6.64. The van der Waals surface area contributed by atoms with Gasteiger partial charge in [-0.3, -0.25) is 0 Å². The zero-order chi connectivity index (χ0) is 14.5. The van der Waals surface area contributed by atoms with Gasteiger partial charge in [0.1, 0.15) is 0 Å². The van der Waals surface area contributed by atoms with Gasteiger partial charge in [-0.1, -0.05) is 33.6 Å². The molecule has 5 heteroatoms. The molecule has 0 saturated heterocycles. The van der Waals surface area contributed by atoms with Gasteiger partial charge in [-0.25, -0.2) is 0 Å². The first-order valence-electron chi connectivity index (χ1n) is 7.16. The summed E-state index contributed by atoms with van der Waals surface area (Å²) < 4.78 is 42.4. The Morgan fingerprint density at radius 3 is 2.58 bits per heavy atom. The molecule has 2 nitrogen and oxygen atoms in total.